The van der Waals surface area contributed by atoms with Crippen LogP contribution in [-0.2, 0) is 26.2 Å². The van der Waals surface area contributed by atoms with Gasteiger partial charge in [0.25, 0.3) is 0 Å². The van der Waals surface area contributed by atoms with Gasteiger partial charge >= 0.3 is 5.82 Å². The molecule has 0 amide bonds. The van der Waals surface area contributed by atoms with Crippen LogP contribution >= 0.6 is 0 Å². The van der Waals surface area contributed by atoms with E-state index in [1.54, 1.807) is 77.3 Å². The molecule has 4 heterocycles. The minimum atomic E-state index is -0.106. The number of allylic oxidation sites excluding steroid dienone is 6. The average Bonchev–Trinajstić information content (AvgIpc) is 3.31. The molecule has 0 saturated carbocycles. The minimum absolute atomic E-state index is 0.0377. The summed E-state index contributed by atoms with van der Waals surface area (Å²) in [6, 6.07) is 18.3. The number of aliphatic hydroxyl groups is 2. The summed E-state index contributed by atoms with van der Waals surface area (Å²) in [4.78, 5) is 0. The Morgan fingerprint density at radius 1 is 0.677 bits per heavy atom. The zero-order chi connectivity index (χ0) is 46.2. The van der Waals surface area contributed by atoms with E-state index in [0.717, 1.165) is 5.56 Å². The van der Waals surface area contributed by atoms with Crippen LogP contribution in [0.5, 0.6) is 5.75 Å². The standard InChI is InChI=1S/C44H53N18O3/c1-37(13-5-9-19-45-3)53-47-34-49-56-42-16-8-12-22-60(42)27-30-65-40-18-24-62(44(32-40)58-51-35-48-54-38(2)14-6-10-20-46-4)33-39-17-23-61(26-29-64)43(31-39)57-52-36-50-55-41-15-7-11-21-59(41)25-28-63/h5-24,31-32,34-36,45-46,63-64H,1-2,25-30,33H2,3-4H3/q+1/b13-5-,14-6-,19-9-,20-10-,49-34+,51-35+,53-47?,54-48?,56-42+,58-44+. The lowest BCUT2D eigenvalue weighted by atomic mass is 10.2. The Labute approximate surface area is 375 Å². The SMILES string of the molecule is C=C(/C=C\C=C/NC)N=N/C=N/N=c1\ccccn1CCOc1ccn(Cc2ccn(CCO)/c(=N/N=C/N=Nc3cccc[n+]3CCO)c2)/c(=N/N=C/N=NC(=C)/C=C\C=C/NC)c1. The zero-order valence-electron chi connectivity index (χ0n) is 36.3. The van der Waals surface area contributed by atoms with Crippen molar-refractivity contribution in [2.24, 2.45) is 61.3 Å². The lowest BCUT2D eigenvalue weighted by Gasteiger charge is -2.12. The smallest absolute Gasteiger partial charge is 0.350 e. The highest BCUT2D eigenvalue weighted by atomic mass is 16.5. The molecule has 4 aromatic rings. The van der Waals surface area contributed by atoms with Gasteiger partial charge in [-0.15, -0.1) is 40.8 Å². The van der Waals surface area contributed by atoms with Crippen molar-refractivity contribution in [3.8, 4) is 5.75 Å². The van der Waals surface area contributed by atoms with Crippen molar-refractivity contribution in [3.63, 3.8) is 0 Å². The summed E-state index contributed by atoms with van der Waals surface area (Å²) >= 11 is 0. The minimum Gasteiger partial charge on any atom is -0.492 e. The molecule has 0 aliphatic carbocycles. The second kappa shape index (κ2) is 29.8. The zero-order valence-corrected chi connectivity index (χ0v) is 36.3. The maximum absolute atomic E-state index is 9.72. The Kier molecular flexibility index (Phi) is 22.5. The van der Waals surface area contributed by atoms with E-state index in [2.05, 4.69) is 85.1 Å². The molecule has 21 heteroatoms. The molecular formula is C44H53N18O3+. The third-order valence-electron chi connectivity index (χ3n) is 8.18. The number of aliphatic hydroxyl groups excluding tert-OH is 2. The Hall–Kier alpha value is -8.43. The molecule has 4 rings (SSSR count). The van der Waals surface area contributed by atoms with Crippen molar-refractivity contribution < 1.29 is 19.5 Å². The molecule has 4 N–H and O–H groups in total. The molecule has 0 unspecified atom stereocenters. The van der Waals surface area contributed by atoms with Crippen LogP contribution in [0.2, 0.25) is 0 Å². The van der Waals surface area contributed by atoms with Crippen molar-refractivity contribution in [2.45, 2.75) is 26.2 Å². The molecular weight excluding hydrogens is 829 g/mol. The van der Waals surface area contributed by atoms with Gasteiger partial charge in [0.1, 0.15) is 18.9 Å². The highest BCUT2D eigenvalue weighted by Gasteiger charge is 2.07. The van der Waals surface area contributed by atoms with E-state index in [4.69, 9.17) is 4.74 Å². The fraction of sp³-hybridized carbons (Fsp3) is 0.205. The first-order valence-electron chi connectivity index (χ1n) is 20.1. The van der Waals surface area contributed by atoms with Crippen molar-refractivity contribution in [1.29, 1.82) is 0 Å². The number of rotatable bonds is 25. The summed E-state index contributed by atoms with van der Waals surface area (Å²) < 4.78 is 13.5. The lowest BCUT2D eigenvalue weighted by molar-refractivity contribution is -0.685. The van der Waals surface area contributed by atoms with E-state index in [1.807, 2.05) is 89.4 Å². The molecule has 0 radical (unpaired) electrons. The Morgan fingerprint density at radius 3 is 1.98 bits per heavy atom. The van der Waals surface area contributed by atoms with Crippen LogP contribution in [0.1, 0.15) is 5.56 Å². The first-order chi connectivity index (χ1) is 31.9. The first kappa shape index (κ1) is 49.2. The third kappa shape index (κ3) is 19.0. The number of nitrogens with one attached hydrogen (secondary N) is 2. The second-order valence-corrected chi connectivity index (χ2v) is 12.9. The first-order valence-corrected chi connectivity index (χ1v) is 20.1. The number of pyridine rings is 4. The van der Waals surface area contributed by atoms with Gasteiger partial charge in [0, 0.05) is 57.9 Å². The molecule has 0 aromatic carbocycles. The number of nitrogens with zero attached hydrogens (tertiary/aromatic N) is 16. The quantitative estimate of drug-likeness (QED) is 0.0189. The fourth-order valence-corrected chi connectivity index (χ4v) is 5.22. The van der Waals surface area contributed by atoms with E-state index >= 15 is 0 Å². The molecule has 0 saturated heterocycles. The summed E-state index contributed by atoms with van der Waals surface area (Å²) in [5, 5.41) is 74.2. The van der Waals surface area contributed by atoms with Crippen LogP contribution < -0.4 is 36.4 Å². The van der Waals surface area contributed by atoms with E-state index in [-0.39, 0.29) is 19.8 Å². The van der Waals surface area contributed by atoms with Gasteiger partial charge in [0.05, 0.1) is 42.5 Å². The highest BCUT2D eigenvalue weighted by molar-refractivity contribution is 5.55. The van der Waals surface area contributed by atoms with Gasteiger partial charge in [0.2, 0.25) is 0 Å². The van der Waals surface area contributed by atoms with E-state index in [9.17, 15) is 10.2 Å². The van der Waals surface area contributed by atoms with Gasteiger partial charge in [-0.1, -0.05) is 37.4 Å². The number of ether oxygens (including phenoxy) is 1. The van der Waals surface area contributed by atoms with Crippen LogP contribution in [0.4, 0.5) is 5.82 Å². The van der Waals surface area contributed by atoms with Crippen molar-refractivity contribution in [3.05, 3.63) is 181 Å². The van der Waals surface area contributed by atoms with Gasteiger partial charge in [-0.05, 0) is 83.8 Å². The Bertz CT molecular complexity index is 2680. The molecule has 4 aromatic heterocycles. The van der Waals surface area contributed by atoms with Crippen LogP contribution in [-0.4, -0.2) is 76.8 Å². The molecule has 0 spiro atoms. The molecule has 65 heavy (non-hydrogen) atoms. The molecule has 0 fully saturated rings. The van der Waals surface area contributed by atoms with E-state index in [1.165, 1.54) is 19.0 Å². The summed E-state index contributed by atoms with van der Waals surface area (Å²) in [7, 11) is 3.61. The molecule has 0 aliphatic rings. The summed E-state index contributed by atoms with van der Waals surface area (Å²) in [5.41, 5.74) is 3.23. The van der Waals surface area contributed by atoms with Gasteiger partial charge in [-0.25, -0.2) is 4.57 Å². The predicted molar refractivity (Wildman–Crippen MR) is 248 cm³/mol. The summed E-state index contributed by atoms with van der Waals surface area (Å²) in [6.07, 6.45) is 25.1. The third-order valence-corrected chi connectivity index (χ3v) is 8.18. The molecule has 0 atom stereocenters. The Balaban J connectivity index is 1.55. The van der Waals surface area contributed by atoms with Crippen molar-refractivity contribution in [2.75, 3.05) is 33.9 Å². The van der Waals surface area contributed by atoms with Crippen LogP contribution in [0.3, 0.4) is 0 Å². The maximum atomic E-state index is 9.72. The van der Waals surface area contributed by atoms with E-state index < -0.39 is 0 Å². The van der Waals surface area contributed by atoms with Gasteiger partial charge in [0.15, 0.2) is 35.5 Å². The number of hydrogen-bond acceptors (Lipinski definition) is 14. The average molecular weight is 882 g/mol. The number of azo groups is 3. The Morgan fingerprint density at radius 2 is 1.31 bits per heavy atom. The largest absolute Gasteiger partial charge is 0.492 e. The fourth-order valence-electron chi connectivity index (χ4n) is 5.22. The molecule has 0 bridgehead atoms. The predicted octanol–water partition coefficient (Wildman–Crippen LogP) is 4.32. The summed E-state index contributed by atoms with van der Waals surface area (Å²) in [6.45, 7) is 9.29. The summed E-state index contributed by atoms with van der Waals surface area (Å²) in [5.74, 6) is 1.09. The topological polar surface area (TPSA) is 241 Å². The van der Waals surface area contributed by atoms with Gasteiger partial charge in [-0.2, -0.15) is 10.2 Å². The van der Waals surface area contributed by atoms with Crippen LogP contribution in [0.15, 0.2) is 220 Å². The van der Waals surface area contributed by atoms with Gasteiger partial charge < -0.3 is 39.3 Å². The highest BCUT2D eigenvalue weighted by Crippen LogP contribution is 2.08. The van der Waals surface area contributed by atoms with Crippen molar-refractivity contribution in [1.82, 2.24) is 24.3 Å². The van der Waals surface area contributed by atoms with E-state index in [0.29, 0.717) is 65.6 Å². The molecule has 0 aliphatic heterocycles. The van der Waals surface area contributed by atoms with Crippen molar-refractivity contribution >= 4 is 24.8 Å². The second-order valence-electron chi connectivity index (χ2n) is 12.9. The normalized spacial score (nSPS) is 13.4. The van der Waals surface area contributed by atoms with Gasteiger partial charge in [-0.3, -0.25) is 0 Å². The van der Waals surface area contributed by atoms with Crippen LogP contribution in [0, 0.1) is 0 Å². The number of aromatic nitrogens is 4. The monoisotopic (exact) mass is 881 g/mol. The molecule has 21 nitrogen and oxygen atoms in total. The van der Waals surface area contributed by atoms with Crippen LogP contribution in [0.25, 0.3) is 0 Å². The molecule has 336 valence electrons. The lowest BCUT2D eigenvalue weighted by Crippen LogP contribution is -2.35. The maximum Gasteiger partial charge on any atom is 0.350 e. The number of hydrogen-bond donors (Lipinski definition) is 4.